The van der Waals surface area contributed by atoms with Gasteiger partial charge in [0.1, 0.15) is 0 Å². The third-order valence-corrected chi connectivity index (χ3v) is 5.85. The molecule has 1 saturated carbocycles. The van der Waals surface area contributed by atoms with E-state index in [2.05, 4.69) is 15.9 Å². The predicted octanol–water partition coefficient (Wildman–Crippen LogP) is 0.930. The normalized spacial score (nSPS) is 26.0. The summed E-state index contributed by atoms with van der Waals surface area (Å²) < 4.78 is 24.4. The van der Waals surface area contributed by atoms with Gasteiger partial charge in [-0.3, -0.25) is 0 Å². The van der Waals surface area contributed by atoms with E-state index in [1.54, 1.807) is 0 Å². The fourth-order valence-electron chi connectivity index (χ4n) is 2.73. The maximum absolute atomic E-state index is 11.7. The molecule has 0 amide bonds. The number of aliphatic hydroxyl groups is 2. The number of benzene rings is 1. The first-order valence-corrected chi connectivity index (χ1v) is 8.27. The van der Waals surface area contributed by atoms with Crippen molar-refractivity contribution in [3.05, 3.63) is 34.3 Å². The summed E-state index contributed by atoms with van der Waals surface area (Å²) in [6, 6.07) is 7.29. The van der Waals surface area contributed by atoms with Crippen LogP contribution in [0.3, 0.4) is 0 Å². The van der Waals surface area contributed by atoms with Crippen molar-refractivity contribution in [1.82, 2.24) is 0 Å². The van der Waals surface area contributed by atoms with Crippen molar-refractivity contribution < 1.29 is 18.6 Å². The first-order valence-electron chi connectivity index (χ1n) is 5.53. The molecule has 1 aliphatic rings. The van der Waals surface area contributed by atoms with E-state index in [0.29, 0.717) is 0 Å². The third-order valence-electron chi connectivity index (χ3n) is 3.66. The Morgan fingerprint density at radius 2 is 1.72 bits per heavy atom. The molecule has 1 fully saturated rings. The minimum Gasteiger partial charge on any atom is -0.396 e. The Morgan fingerprint density at radius 1 is 1.22 bits per heavy atom. The van der Waals surface area contributed by atoms with Crippen LogP contribution in [0.1, 0.15) is 11.5 Å². The van der Waals surface area contributed by atoms with Crippen LogP contribution in [-0.2, 0) is 9.84 Å². The highest BCUT2D eigenvalue weighted by molar-refractivity contribution is 9.10. The number of aliphatic hydroxyl groups excluding tert-OH is 2. The molecule has 4 nitrogen and oxygen atoms in total. The van der Waals surface area contributed by atoms with E-state index >= 15 is 0 Å². The first-order chi connectivity index (χ1) is 8.36. The number of halogens is 1. The Balaban J connectivity index is 2.41. The predicted molar refractivity (Wildman–Crippen MR) is 72.1 cm³/mol. The Bertz CT molecular complexity index is 534. The second kappa shape index (κ2) is 4.59. The lowest BCUT2D eigenvalue weighted by atomic mass is 10.0. The Labute approximate surface area is 115 Å². The van der Waals surface area contributed by atoms with Gasteiger partial charge in [-0.15, -0.1) is 0 Å². The molecule has 0 heterocycles. The maximum Gasteiger partial charge on any atom is 0.151 e. The fraction of sp³-hybridized carbons (Fsp3) is 0.500. The minimum atomic E-state index is -3.30. The average molecular weight is 335 g/mol. The number of rotatable bonds is 4. The van der Waals surface area contributed by atoms with Crippen LogP contribution < -0.4 is 0 Å². The molecule has 2 rings (SSSR count). The van der Waals surface area contributed by atoms with Gasteiger partial charge in [0.2, 0.25) is 0 Å². The lowest BCUT2D eigenvalue weighted by molar-refractivity contribution is 0.130. The Hall–Kier alpha value is -0.430. The SMILES string of the molecule is CS(=O)(=O)[C@H]1[C@H](c2ccc(Br)cc2)C1(CO)CO. The summed E-state index contributed by atoms with van der Waals surface area (Å²) in [5.74, 6) is -0.337. The quantitative estimate of drug-likeness (QED) is 0.859. The monoisotopic (exact) mass is 334 g/mol. The number of hydrogen-bond acceptors (Lipinski definition) is 4. The van der Waals surface area contributed by atoms with E-state index in [4.69, 9.17) is 0 Å². The van der Waals surface area contributed by atoms with E-state index in [0.717, 1.165) is 16.3 Å². The van der Waals surface area contributed by atoms with Gasteiger partial charge in [-0.2, -0.15) is 0 Å². The standard InChI is InChI=1S/C12H15BrO4S/c1-18(16,17)11-10(12(11,6-14)7-15)8-2-4-9(13)5-3-8/h2-5,10-11,14-15H,6-7H2,1H3/t10-,11-/m0/s1. The molecule has 1 aromatic rings. The van der Waals surface area contributed by atoms with Gasteiger partial charge >= 0.3 is 0 Å². The lowest BCUT2D eigenvalue weighted by Gasteiger charge is -2.10. The van der Waals surface area contributed by atoms with Crippen molar-refractivity contribution in [3.63, 3.8) is 0 Å². The highest BCUT2D eigenvalue weighted by Crippen LogP contribution is 2.62. The highest BCUT2D eigenvalue weighted by Gasteiger charge is 2.69. The average Bonchev–Trinajstić information content (AvgIpc) is 3.00. The van der Waals surface area contributed by atoms with Crippen LogP contribution in [0.4, 0.5) is 0 Å². The van der Waals surface area contributed by atoms with Crippen LogP contribution >= 0.6 is 15.9 Å². The van der Waals surface area contributed by atoms with Crippen LogP contribution in [0, 0.1) is 5.41 Å². The summed E-state index contributed by atoms with van der Waals surface area (Å²) in [5.41, 5.74) is -0.113. The van der Waals surface area contributed by atoms with Crippen molar-refractivity contribution in [1.29, 1.82) is 0 Å². The van der Waals surface area contributed by atoms with Crippen molar-refractivity contribution >= 4 is 25.8 Å². The van der Waals surface area contributed by atoms with E-state index in [-0.39, 0.29) is 19.1 Å². The molecule has 2 atom stereocenters. The molecule has 0 unspecified atom stereocenters. The molecule has 0 aromatic heterocycles. The summed E-state index contributed by atoms with van der Waals surface area (Å²) in [4.78, 5) is 0. The number of hydrogen-bond donors (Lipinski definition) is 2. The molecular weight excluding hydrogens is 320 g/mol. The fourth-order valence-corrected chi connectivity index (χ4v) is 4.99. The van der Waals surface area contributed by atoms with Gasteiger partial charge in [-0.1, -0.05) is 28.1 Å². The van der Waals surface area contributed by atoms with Gasteiger partial charge in [0.05, 0.1) is 18.5 Å². The Kier molecular flexibility index (Phi) is 3.57. The maximum atomic E-state index is 11.7. The molecule has 2 N–H and O–H groups in total. The summed E-state index contributed by atoms with van der Waals surface area (Å²) in [6.07, 6.45) is 1.15. The highest BCUT2D eigenvalue weighted by atomic mass is 79.9. The molecule has 0 saturated heterocycles. The molecule has 0 spiro atoms. The van der Waals surface area contributed by atoms with Gasteiger partial charge < -0.3 is 10.2 Å². The van der Waals surface area contributed by atoms with Crippen LogP contribution in [-0.4, -0.2) is 43.4 Å². The molecule has 0 aliphatic heterocycles. The smallest absolute Gasteiger partial charge is 0.151 e. The van der Waals surface area contributed by atoms with Crippen molar-refractivity contribution in [2.24, 2.45) is 5.41 Å². The molecule has 0 bridgehead atoms. The van der Waals surface area contributed by atoms with Crippen molar-refractivity contribution in [3.8, 4) is 0 Å². The molecule has 6 heteroatoms. The van der Waals surface area contributed by atoms with Crippen LogP contribution in [0.25, 0.3) is 0 Å². The zero-order valence-electron chi connectivity index (χ0n) is 9.88. The van der Waals surface area contributed by atoms with Crippen LogP contribution in [0.5, 0.6) is 0 Å². The van der Waals surface area contributed by atoms with E-state index in [1.807, 2.05) is 24.3 Å². The summed E-state index contributed by atoms with van der Waals surface area (Å²) in [7, 11) is -3.30. The third kappa shape index (κ3) is 2.11. The Morgan fingerprint density at radius 3 is 2.06 bits per heavy atom. The van der Waals surface area contributed by atoms with E-state index in [9.17, 15) is 18.6 Å². The molecular formula is C12H15BrO4S. The van der Waals surface area contributed by atoms with Gasteiger partial charge in [0.25, 0.3) is 0 Å². The second-order valence-corrected chi connectivity index (χ2v) is 7.91. The van der Waals surface area contributed by atoms with Crippen LogP contribution in [0.2, 0.25) is 0 Å². The van der Waals surface area contributed by atoms with E-state index in [1.165, 1.54) is 0 Å². The molecule has 1 aliphatic carbocycles. The van der Waals surface area contributed by atoms with Gasteiger partial charge in [-0.05, 0) is 17.7 Å². The van der Waals surface area contributed by atoms with Crippen LogP contribution in [0.15, 0.2) is 28.7 Å². The summed E-state index contributed by atoms with van der Waals surface area (Å²) in [5, 5.41) is 18.2. The number of sulfone groups is 1. The largest absolute Gasteiger partial charge is 0.396 e. The summed E-state index contributed by atoms with van der Waals surface area (Å²) in [6.45, 7) is -0.663. The van der Waals surface area contributed by atoms with Crippen molar-refractivity contribution in [2.45, 2.75) is 11.2 Å². The molecule has 0 radical (unpaired) electrons. The zero-order valence-corrected chi connectivity index (χ0v) is 12.3. The second-order valence-electron chi connectivity index (χ2n) is 4.83. The molecule has 18 heavy (non-hydrogen) atoms. The first kappa shape index (κ1) is 14.0. The lowest BCUT2D eigenvalue weighted by Crippen LogP contribution is -2.22. The van der Waals surface area contributed by atoms with Crippen molar-refractivity contribution in [2.75, 3.05) is 19.5 Å². The topological polar surface area (TPSA) is 74.6 Å². The van der Waals surface area contributed by atoms with E-state index < -0.39 is 20.5 Å². The van der Waals surface area contributed by atoms with Gasteiger partial charge in [0.15, 0.2) is 9.84 Å². The van der Waals surface area contributed by atoms with Gasteiger partial charge in [0, 0.05) is 22.1 Å². The molecule has 1 aromatic carbocycles. The summed E-state index contributed by atoms with van der Waals surface area (Å²) >= 11 is 3.32. The minimum absolute atomic E-state index is 0.331. The van der Waals surface area contributed by atoms with Gasteiger partial charge in [-0.25, -0.2) is 8.42 Å². The zero-order chi connectivity index (χ0) is 13.6. The molecule has 100 valence electrons.